The molecule has 1 amide bonds. The Morgan fingerprint density at radius 1 is 1.11 bits per heavy atom. The molecule has 3 aromatic carbocycles. The van der Waals surface area contributed by atoms with Crippen LogP contribution < -0.4 is 9.64 Å². The van der Waals surface area contributed by atoms with Crippen molar-refractivity contribution in [1.29, 1.82) is 0 Å². The minimum Gasteiger partial charge on any atom is -0.491 e. The van der Waals surface area contributed by atoms with Crippen molar-refractivity contribution in [3.8, 4) is 5.75 Å². The van der Waals surface area contributed by atoms with Gasteiger partial charge in [0.2, 0.25) is 5.91 Å². The number of para-hydroxylation sites is 2. The molecular weight excluding hydrogens is 462 g/mol. The van der Waals surface area contributed by atoms with E-state index in [1.54, 1.807) is 12.1 Å². The van der Waals surface area contributed by atoms with Gasteiger partial charge in [-0.1, -0.05) is 41.4 Å². The SMILES string of the molecule is Cc1ccc(N2CC(c3nc4ccccc4n3CC(O)COc3ccc(Cl)c(C)c3)CC2=O)cc1. The summed E-state index contributed by atoms with van der Waals surface area (Å²) in [5, 5.41) is 11.5. The zero-order chi connectivity index (χ0) is 24.5. The molecule has 1 saturated heterocycles. The first-order valence-electron chi connectivity index (χ1n) is 11.8. The molecule has 180 valence electrons. The molecular formula is C28H28ClN3O3. The van der Waals surface area contributed by atoms with Crippen LogP contribution in [0.2, 0.25) is 5.02 Å². The molecule has 5 rings (SSSR count). The summed E-state index contributed by atoms with van der Waals surface area (Å²) in [7, 11) is 0. The van der Waals surface area contributed by atoms with Crippen LogP contribution in [0.15, 0.2) is 66.7 Å². The van der Waals surface area contributed by atoms with Gasteiger partial charge in [0.1, 0.15) is 24.3 Å². The first-order chi connectivity index (χ1) is 16.9. The largest absolute Gasteiger partial charge is 0.491 e. The molecule has 0 radical (unpaired) electrons. The van der Waals surface area contributed by atoms with Gasteiger partial charge in [-0.25, -0.2) is 4.98 Å². The Kier molecular flexibility index (Phi) is 6.50. The van der Waals surface area contributed by atoms with Crippen molar-refractivity contribution in [2.45, 2.75) is 38.8 Å². The van der Waals surface area contributed by atoms with E-state index in [0.29, 0.717) is 30.3 Å². The number of aliphatic hydroxyl groups excluding tert-OH is 1. The number of imidazole rings is 1. The number of fused-ring (bicyclic) bond motifs is 1. The van der Waals surface area contributed by atoms with Crippen LogP contribution in [0, 0.1) is 13.8 Å². The number of amides is 1. The van der Waals surface area contributed by atoms with Crippen molar-refractivity contribution in [3.63, 3.8) is 0 Å². The number of ether oxygens (including phenoxy) is 1. The number of aliphatic hydroxyl groups is 1. The third kappa shape index (κ3) is 4.90. The highest BCUT2D eigenvalue weighted by atomic mass is 35.5. The second-order valence-electron chi connectivity index (χ2n) is 9.19. The normalized spacial score (nSPS) is 16.7. The first kappa shape index (κ1) is 23.4. The Balaban J connectivity index is 1.37. The van der Waals surface area contributed by atoms with E-state index in [2.05, 4.69) is 0 Å². The Bertz CT molecular complexity index is 1370. The van der Waals surface area contributed by atoms with E-state index < -0.39 is 6.10 Å². The van der Waals surface area contributed by atoms with Crippen LogP contribution in [-0.2, 0) is 11.3 Å². The van der Waals surface area contributed by atoms with Crippen LogP contribution in [0.1, 0.15) is 29.3 Å². The Hall–Kier alpha value is -3.35. The minimum absolute atomic E-state index is 0.0664. The molecule has 35 heavy (non-hydrogen) atoms. The number of aromatic nitrogens is 2. The fourth-order valence-corrected chi connectivity index (χ4v) is 4.73. The van der Waals surface area contributed by atoms with Gasteiger partial charge in [0.15, 0.2) is 0 Å². The van der Waals surface area contributed by atoms with E-state index in [9.17, 15) is 9.90 Å². The summed E-state index contributed by atoms with van der Waals surface area (Å²) in [5.41, 5.74) is 4.77. The van der Waals surface area contributed by atoms with E-state index in [-0.39, 0.29) is 18.4 Å². The number of nitrogens with zero attached hydrogens (tertiary/aromatic N) is 3. The molecule has 1 N–H and O–H groups in total. The molecule has 0 spiro atoms. The highest BCUT2D eigenvalue weighted by Crippen LogP contribution is 2.33. The highest BCUT2D eigenvalue weighted by Gasteiger charge is 2.35. The third-order valence-electron chi connectivity index (χ3n) is 6.49. The van der Waals surface area contributed by atoms with Crippen LogP contribution >= 0.6 is 11.6 Å². The summed E-state index contributed by atoms with van der Waals surface area (Å²) in [5.74, 6) is 1.50. The minimum atomic E-state index is -0.757. The summed E-state index contributed by atoms with van der Waals surface area (Å²) >= 11 is 6.10. The van der Waals surface area contributed by atoms with Gasteiger partial charge in [-0.2, -0.15) is 0 Å². The summed E-state index contributed by atoms with van der Waals surface area (Å²) in [6.45, 7) is 4.95. The predicted molar refractivity (Wildman–Crippen MR) is 138 cm³/mol. The average molecular weight is 490 g/mol. The maximum Gasteiger partial charge on any atom is 0.227 e. The number of anilines is 1. The second kappa shape index (κ2) is 9.72. The lowest BCUT2D eigenvalue weighted by Crippen LogP contribution is -2.26. The molecule has 2 unspecified atom stereocenters. The third-order valence-corrected chi connectivity index (χ3v) is 6.91. The number of carbonyl (C=O) groups is 1. The summed E-state index contributed by atoms with van der Waals surface area (Å²) < 4.78 is 7.86. The highest BCUT2D eigenvalue weighted by molar-refractivity contribution is 6.31. The van der Waals surface area contributed by atoms with E-state index in [1.165, 1.54) is 0 Å². The lowest BCUT2D eigenvalue weighted by atomic mass is 10.1. The zero-order valence-corrected chi connectivity index (χ0v) is 20.6. The second-order valence-corrected chi connectivity index (χ2v) is 9.59. The van der Waals surface area contributed by atoms with Gasteiger partial charge in [-0.15, -0.1) is 0 Å². The number of carbonyl (C=O) groups excluding carboxylic acids is 1. The average Bonchev–Trinajstić information content (AvgIpc) is 3.41. The van der Waals surface area contributed by atoms with Crippen LogP contribution in [0.3, 0.4) is 0 Å². The fourth-order valence-electron chi connectivity index (χ4n) is 4.62. The van der Waals surface area contributed by atoms with Crippen LogP contribution in [0.5, 0.6) is 5.75 Å². The first-order valence-corrected chi connectivity index (χ1v) is 12.2. The topological polar surface area (TPSA) is 67.6 Å². The number of rotatable bonds is 7. The molecule has 1 aromatic heterocycles. The molecule has 6 nitrogen and oxygen atoms in total. The molecule has 2 heterocycles. The maximum absolute atomic E-state index is 12.9. The van der Waals surface area contributed by atoms with E-state index in [1.807, 2.05) is 77.9 Å². The van der Waals surface area contributed by atoms with Crippen molar-refractivity contribution < 1.29 is 14.6 Å². The predicted octanol–water partition coefficient (Wildman–Crippen LogP) is 5.27. The van der Waals surface area contributed by atoms with E-state index in [0.717, 1.165) is 33.7 Å². The van der Waals surface area contributed by atoms with Gasteiger partial charge in [0.05, 0.1) is 17.6 Å². The van der Waals surface area contributed by atoms with Gasteiger partial charge >= 0.3 is 0 Å². The summed E-state index contributed by atoms with van der Waals surface area (Å²) in [6, 6.07) is 21.3. The smallest absolute Gasteiger partial charge is 0.227 e. The molecule has 4 aromatic rings. The van der Waals surface area contributed by atoms with Gasteiger partial charge in [0.25, 0.3) is 0 Å². The Morgan fingerprint density at radius 2 is 1.89 bits per heavy atom. The van der Waals surface area contributed by atoms with Crippen molar-refractivity contribution >= 4 is 34.2 Å². The summed E-state index contributed by atoms with van der Waals surface area (Å²) in [6.07, 6.45) is -0.374. The molecule has 0 saturated carbocycles. The molecule has 1 fully saturated rings. The molecule has 2 atom stereocenters. The van der Waals surface area contributed by atoms with Gasteiger partial charge < -0.3 is 19.3 Å². The Morgan fingerprint density at radius 3 is 2.66 bits per heavy atom. The maximum atomic E-state index is 12.9. The van der Waals surface area contributed by atoms with Gasteiger partial charge in [-0.05, 0) is 61.9 Å². The Labute approximate surface area is 209 Å². The lowest BCUT2D eigenvalue weighted by Gasteiger charge is -2.19. The zero-order valence-electron chi connectivity index (χ0n) is 19.8. The van der Waals surface area contributed by atoms with Gasteiger partial charge in [-0.3, -0.25) is 4.79 Å². The number of hydrogen-bond donors (Lipinski definition) is 1. The number of benzene rings is 3. The number of halogens is 1. The van der Waals surface area contributed by atoms with Crippen LogP contribution in [0.25, 0.3) is 11.0 Å². The molecule has 7 heteroatoms. The molecule has 0 bridgehead atoms. The van der Waals surface area contributed by atoms with Crippen LogP contribution in [0.4, 0.5) is 5.69 Å². The van der Waals surface area contributed by atoms with Crippen LogP contribution in [-0.4, -0.2) is 39.8 Å². The van der Waals surface area contributed by atoms with Crippen molar-refractivity contribution in [2.75, 3.05) is 18.1 Å². The number of hydrogen-bond acceptors (Lipinski definition) is 4. The molecule has 1 aliphatic rings. The van der Waals surface area contributed by atoms with E-state index in [4.69, 9.17) is 21.3 Å². The van der Waals surface area contributed by atoms with Crippen molar-refractivity contribution in [1.82, 2.24) is 9.55 Å². The van der Waals surface area contributed by atoms with Gasteiger partial charge in [0, 0.05) is 29.6 Å². The fraction of sp³-hybridized carbons (Fsp3) is 0.286. The standard InChI is InChI=1S/C28H28ClN3O3/c1-18-7-9-21(10-8-18)31-15-20(14-27(31)34)28-30-25-5-3-4-6-26(25)32(28)16-22(33)17-35-23-11-12-24(29)19(2)13-23/h3-13,20,22,33H,14-17H2,1-2H3. The number of aryl methyl sites for hydroxylation is 2. The van der Waals surface area contributed by atoms with E-state index >= 15 is 0 Å². The lowest BCUT2D eigenvalue weighted by molar-refractivity contribution is -0.117. The quantitative estimate of drug-likeness (QED) is 0.384. The molecule has 1 aliphatic heterocycles. The molecule has 0 aliphatic carbocycles. The van der Waals surface area contributed by atoms with Crippen molar-refractivity contribution in [3.05, 3.63) is 88.7 Å². The summed E-state index contributed by atoms with van der Waals surface area (Å²) in [4.78, 5) is 19.6. The monoisotopic (exact) mass is 489 g/mol. The van der Waals surface area contributed by atoms with Crippen molar-refractivity contribution in [2.24, 2.45) is 0 Å².